The van der Waals surface area contributed by atoms with Gasteiger partial charge in [-0.2, -0.15) is 0 Å². The Labute approximate surface area is 138 Å². The van der Waals surface area contributed by atoms with E-state index in [0.717, 1.165) is 5.56 Å². The van der Waals surface area contributed by atoms with Crippen molar-refractivity contribution in [3.05, 3.63) is 35.9 Å². The first-order valence-corrected chi connectivity index (χ1v) is 9.78. The second-order valence-electron chi connectivity index (χ2n) is 5.57. The summed E-state index contributed by atoms with van der Waals surface area (Å²) in [5.41, 5.74) is -0.351. The first-order valence-electron chi connectivity index (χ1n) is 7.86. The third kappa shape index (κ3) is 7.57. The maximum atomic E-state index is 12.4. The van der Waals surface area contributed by atoms with Gasteiger partial charge in [-0.05, 0) is 32.8 Å². The highest BCUT2D eigenvalue weighted by atomic mass is 31.2. The fourth-order valence-corrected chi connectivity index (χ4v) is 4.17. The van der Waals surface area contributed by atoms with Crippen molar-refractivity contribution in [2.45, 2.75) is 38.9 Å². The molecule has 23 heavy (non-hydrogen) atoms. The fourth-order valence-electron chi connectivity index (χ4n) is 2.26. The number of aliphatic hydroxyl groups is 1. The summed E-state index contributed by atoms with van der Waals surface area (Å²) in [5, 5.41) is 13.3. The van der Waals surface area contributed by atoms with Gasteiger partial charge in [0.25, 0.3) is 7.37 Å². The van der Waals surface area contributed by atoms with Crippen LogP contribution in [0, 0.1) is 0 Å². The molecule has 0 amide bonds. The van der Waals surface area contributed by atoms with E-state index in [9.17, 15) is 14.6 Å². The third-order valence-corrected chi connectivity index (χ3v) is 5.27. The topological polar surface area (TPSA) is 88.0 Å². The Morgan fingerprint density at radius 3 is 2.30 bits per heavy atom. The average molecular weight is 345 g/mol. The quantitative estimate of drug-likeness (QED) is 0.421. The molecule has 1 rings (SSSR count). The molecule has 0 bridgehead atoms. The van der Waals surface area contributed by atoms with Crippen LogP contribution in [0.3, 0.4) is 0 Å². The van der Waals surface area contributed by atoms with Crippen LogP contribution in [-0.2, 0) is 20.5 Å². The summed E-state index contributed by atoms with van der Waals surface area (Å²) in [4.78, 5) is 10.2. The Bertz CT molecular complexity index is 489. The van der Waals surface area contributed by atoms with Crippen LogP contribution in [0.25, 0.3) is 0 Å². The van der Waals surface area contributed by atoms with E-state index >= 15 is 0 Å². The van der Waals surface area contributed by atoms with Gasteiger partial charge >= 0.3 is 0 Å². The minimum absolute atomic E-state index is 0.263. The molecule has 0 saturated carbocycles. The Hall–Kier alpha value is -0.750. The molecule has 2 atom stereocenters. The monoisotopic (exact) mass is 345 g/mol. The molecule has 0 spiro atoms. The van der Waals surface area contributed by atoms with E-state index < -0.39 is 19.1 Å². The van der Waals surface area contributed by atoms with Gasteiger partial charge in [0, 0.05) is 19.8 Å². The normalized spacial score (nSPS) is 17.0. The van der Waals surface area contributed by atoms with Gasteiger partial charge in [0.15, 0.2) is 0 Å². The van der Waals surface area contributed by atoms with Gasteiger partial charge in [0.2, 0.25) is 6.03 Å². The maximum Gasteiger partial charge on any atom is 0.259 e. The summed E-state index contributed by atoms with van der Waals surface area (Å²) in [7, 11) is -3.83. The summed E-state index contributed by atoms with van der Waals surface area (Å²) >= 11 is 0. The molecule has 0 aromatic heterocycles. The Kier molecular flexibility index (Phi) is 8.40. The Morgan fingerprint density at radius 1 is 1.22 bits per heavy atom. The molecule has 6 nitrogen and oxygen atoms in total. The lowest BCUT2D eigenvalue weighted by Gasteiger charge is -2.30. The van der Waals surface area contributed by atoms with Gasteiger partial charge in [0.05, 0.1) is 6.16 Å². The first-order chi connectivity index (χ1) is 10.8. The predicted molar refractivity (Wildman–Crippen MR) is 90.5 cm³/mol. The van der Waals surface area contributed by atoms with Crippen molar-refractivity contribution in [1.82, 2.24) is 5.32 Å². The van der Waals surface area contributed by atoms with Gasteiger partial charge in [0.1, 0.15) is 5.72 Å². The van der Waals surface area contributed by atoms with Gasteiger partial charge in [-0.25, -0.2) is 0 Å². The summed E-state index contributed by atoms with van der Waals surface area (Å²) in [6.07, 6.45) is 0.368. The van der Waals surface area contributed by atoms with Crippen molar-refractivity contribution >= 4 is 7.37 Å². The highest BCUT2D eigenvalue weighted by Gasteiger charge is 2.39. The van der Waals surface area contributed by atoms with Gasteiger partial charge in [-0.15, -0.1) is 0 Å². The van der Waals surface area contributed by atoms with Crippen molar-refractivity contribution in [2.24, 2.45) is 0 Å². The number of hydrogen-bond donors (Lipinski definition) is 3. The van der Waals surface area contributed by atoms with Gasteiger partial charge < -0.3 is 19.5 Å². The van der Waals surface area contributed by atoms with Crippen LogP contribution in [0.1, 0.15) is 26.3 Å². The van der Waals surface area contributed by atoms with E-state index in [4.69, 9.17) is 9.47 Å². The molecular formula is C16H28NO5P. The third-order valence-electron chi connectivity index (χ3n) is 3.24. The van der Waals surface area contributed by atoms with Crippen LogP contribution >= 0.6 is 7.37 Å². The van der Waals surface area contributed by atoms with Crippen LogP contribution in [0.5, 0.6) is 0 Å². The Morgan fingerprint density at radius 2 is 1.78 bits per heavy atom. The van der Waals surface area contributed by atoms with E-state index in [-0.39, 0.29) is 19.4 Å². The van der Waals surface area contributed by atoms with Crippen LogP contribution in [0.4, 0.5) is 0 Å². The van der Waals surface area contributed by atoms with Crippen molar-refractivity contribution in [2.75, 3.05) is 25.9 Å². The summed E-state index contributed by atoms with van der Waals surface area (Å²) in [6.45, 7) is 5.95. The average Bonchev–Trinajstić information content (AvgIpc) is 2.47. The largest absolute Gasteiger partial charge is 0.376 e. The fraction of sp³-hybridized carbons (Fsp3) is 0.625. The van der Waals surface area contributed by atoms with E-state index in [1.807, 2.05) is 30.3 Å². The van der Waals surface area contributed by atoms with E-state index in [0.29, 0.717) is 13.0 Å². The molecule has 0 fully saturated rings. The van der Waals surface area contributed by atoms with Crippen LogP contribution in [-0.4, -0.2) is 47.7 Å². The smallest absolute Gasteiger partial charge is 0.259 e. The minimum Gasteiger partial charge on any atom is -0.376 e. The lowest BCUT2D eigenvalue weighted by atomic mass is 10.1. The summed E-state index contributed by atoms with van der Waals surface area (Å²) in [5.74, 6) is 0. The van der Waals surface area contributed by atoms with Crippen LogP contribution in [0.2, 0.25) is 0 Å². The number of ether oxygens (including phenoxy) is 2. The van der Waals surface area contributed by atoms with Crippen LogP contribution < -0.4 is 5.32 Å². The molecule has 2 unspecified atom stereocenters. The van der Waals surface area contributed by atoms with Crippen LogP contribution in [0.15, 0.2) is 30.3 Å². The standard InChI is InChI=1S/C16H28NO5P/c1-4-21-15(22-5-2)23(19,20)13-16(3,18)17-12-11-14-9-7-6-8-10-14/h6-10,15,17-18H,4-5,11-13H2,1-3H3,(H,19,20). The molecule has 0 heterocycles. The number of nitrogens with one attached hydrogen (secondary N) is 1. The number of rotatable bonds is 11. The van der Waals surface area contributed by atoms with Crippen molar-refractivity contribution in [1.29, 1.82) is 0 Å². The lowest BCUT2D eigenvalue weighted by molar-refractivity contribution is -0.0889. The highest BCUT2D eigenvalue weighted by Crippen LogP contribution is 2.49. The second-order valence-corrected chi connectivity index (χ2v) is 7.82. The zero-order valence-corrected chi connectivity index (χ0v) is 15.0. The summed E-state index contributed by atoms with van der Waals surface area (Å²) < 4.78 is 22.8. The zero-order valence-electron chi connectivity index (χ0n) is 14.1. The van der Waals surface area contributed by atoms with Gasteiger partial charge in [-0.1, -0.05) is 30.3 Å². The van der Waals surface area contributed by atoms with E-state index in [1.54, 1.807) is 13.8 Å². The highest BCUT2D eigenvalue weighted by molar-refractivity contribution is 7.58. The van der Waals surface area contributed by atoms with Crippen molar-refractivity contribution < 1.29 is 24.0 Å². The molecule has 7 heteroatoms. The number of hydrogen-bond acceptors (Lipinski definition) is 5. The molecule has 0 saturated heterocycles. The van der Waals surface area contributed by atoms with Gasteiger partial charge in [-0.3, -0.25) is 9.88 Å². The summed E-state index contributed by atoms with van der Waals surface area (Å²) in [6, 6.07) is 8.62. The Balaban J connectivity index is 2.55. The second kappa shape index (κ2) is 9.52. The first kappa shape index (κ1) is 20.3. The lowest BCUT2D eigenvalue weighted by Crippen LogP contribution is -2.47. The van der Waals surface area contributed by atoms with E-state index in [2.05, 4.69) is 5.32 Å². The molecular weight excluding hydrogens is 317 g/mol. The molecule has 0 aliphatic rings. The number of benzene rings is 1. The SMILES string of the molecule is CCOC(OCC)P(=O)(O)CC(C)(O)NCCc1ccccc1. The maximum absolute atomic E-state index is 12.4. The minimum atomic E-state index is -3.83. The molecule has 0 radical (unpaired) electrons. The molecule has 3 N–H and O–H groups in total. The molecule has 132 valence electrons. The molecule has 0 aliphatic heterocycles. The molecule has 1 aromatic carbocycles. The van der Waals surface area contributed by atoms with E-state index in [1.165, 1.54) is 6.92 Å². The van der Waals surface area contributed by atoms with Crippen molar-refractivity contribution in [3.63, 3.8) is 0 Å². The zero-order chi connectivity index (χ0) is 17.3. The van der Waals surface area contributed by atoms with Crippen molar-refractivity contribution in [3.8, 4) is 0 Å². The predicted octanol–water partition coefficient (Wildman–Crippen LogP) is 2.15. The molecule has 1 aromatic rings. The molecule has 0 aliphatic carbocycles.